The van der Waals surface area contributed by atoms with Crippen LogP contribution in [0.4, 0.5) is 0 Å². The summed E-state index contributed by atoms with van der Waals surface area (Å²) in [5.74, 6) is 0. The average Bonchev–Trinajstić information content (AvgIpc) is 1.98. The summed E-state index contributed by atoms with van der Waals surface area (Å²) < 4.78 is 1.16. The zero-order valence-corrected chi connectivity index (χ0v) is 7.11. The second-order valence-corrected chi connectivity index (χ2v) is 3.28. The van der Waals surface area contributed by atoms with Gasteiger partial charge in [-0.3, -0.25) is 0 Å². The van der Waals surface area contributed by atoms with Crippen LogP contribution in [0, 0.1) is 0 Å². The summed E-state index contributed by atoms with van der Waals surface area (Å²) in [4.78, 5) is 0. The normalized spacial score (nSPS) is 19.4. The van der Waals surface area contributed by atoms with Crippen molar-refractivity contribution in [1.29, 1.82) is 0 Å². The average molecular weight is 182 g/mol. The molecule has 0 aromatic rings. The molecule has 1 aliphatic rings. The summed E-state index contributed by atoms with van der Waals surface area (Å²) in [6.07, 6.45) is 2.83. The van der Waals surface area contributed by atoms with Crippen molar-refractivity contribution < 1.29 is 20.4 Å². The number of allylic oxidation sites excluding steroid dienone is 4. The molecule has 0 amide bonds. The van der Waals surface area contributed by atoms with Crippen molar-refractivity contribution in [2.24, 2.45) is 0 Å². The van der Waals surface area contributed by atoms with E-state index in [2.05, 4.69) is 0 Å². The van der Waals surface area contributed by atoms with Gasteiger partial charge in [0.05, 0.1) is 0 Å². The third-order valence-electron chi connectivity index (χ3n) is 0.960. The van der Waals surface area contributed by atoms with Gasteiger partial charge in [-0.25, -0.2) is 0 Å². The minimum absolute atomic E-state index is 0.698. The van der Waals surface area contributed by atoms with E-state index < -0.39 is 0 Å². The topological polar surface area (TPSA) is 0 Å². The van der Waals surface area contributed by atoms with Gasteiger partial charge in [-0.1, -0.05) is 0 Å². The number of hydrogen-bond acceptors (Lipinski definition) is 0. The number of hydrogen-bond donors (Lipinski definition) is 0. The monoisotopic (exact) mass is 181 g/mol. The SMILES string of the molecule is ClC1=CC[C]([Ti])=C1Cl. The Labute approximate surface area is 69.9 Å². The Morgan fingerprint density at radius 2 is 2.12 bits per heavy atom. The Morgan fingerprint density at radius 1 is 1.50 bits per heavy atom. The Morgan fingerprint density at radius 3 is 2.25 bits per heavy atom. The molecule has 8 heavy (non-hydrogen) atoms. The molecular weight excluding hydrogens is 179 g/mol. The molecule has 0 N–H and O–H groups in total. The van der Waals surface area contributed by atoms with E-state index in [-0.39, 0.29) is 0 Å². The van der Waals surface area contributed by atoms with E-state index in [1.165, 1.54) is 0 Å². The third kappa shape index (κ3) is 1.19. The van der Waals surface area contributed by atoms with Crippen LogP contribution in [0.2, 0.25) is 0 Å². The van der Waals surface area contributed by atoms with Crippen LogP contribution in [0.25, 0.3) is 0 Å². The number of halogens is 2. The molecule has 0 spiro atoms. The van der Waals surface area contributed by atoms with Gasteiger partial charge < -0.3 is 0 Å². The maximum absolute atomic E-state index is 5.69. The first-order valence-corrected chi connectivity index (χ1v) is 3.72. The van der Waals surface area contributed by atoms with Crippen molar-refractivity contribution in [2.45, 2.75) is 6.42 Å². The van der Waals surface area contributed by atoms with Crippen molar-refractivity contribution in [1.82, 2.24) is 0 Å². The Bertz CT molecular complexity index is 164. The molecule has 0 aromatic heterocycles. The van der Waals surface area contributed by atoms with Crippen LogP contribution in [0.15, 0.2) is 20.0 Å². The van der Waals surface area contributed by atoms with Crippen LogP contribution in [-0.2, 0) is 20.4 Å². The van der Waals surface area contributed by atoms with Gasteiger partial charge in [0.2, 0.25) is 0 Å². The molecule has 41 valence electrons. The summed E-state index contributed by atoms with van der Waals surface area (Å²) in [5, 5.41) is 1.43. The fourth-order valence-corrected chi connectivity index (χ4v) is 1.35. The molecule has 0 heterocycles. The third-order valence-corrected chi connectivity index (χ3v) is 2.79. The second-order valence-electron chi connectivity index (χ2n) is 1.55. The van der Waals surface area contributed by atoms with Gasteiger partial charge >= 0.3 is 70.1 Å². The van der Waals surface area contributed by atoms with Gasteiger partial charge in [-0.2, -0.15) is 0 Å². The van der Waals surface area contributed by atoms with E-state index >= 15 is 0 Å². The zero-order chi connectivity index (χ0) is 6.15. The first-order chi connectivity index (χ1) is 3.72. The molecular formula is C5H3Cl2Ti. The fourth-order valence-electron chi connectivity index (χ4n) is 0.515. The van der Waals surface area contributed by atoms with Gasteiger partial charge in [-0.15, -0.1) is 0 Å². The summed E-state index contributed by atoms with van der Waals surface area (Å²) >= 11 is 13.3. The van der Waals surface area contributed by atoms with Crippen LogP contribution in [0.3, 0.4) is 0 Å². The van der Waals surface area contributed by atoms with Crippen molar-refractivity contribution in [3.05, 3.63) is 20.0 Å². The van der Waals surface area contributed by atoms with Crippen LogP contribution in [0.5, 0.6) is 0 Å². The van der Waals surface area contributed by atoms with Gasteiger partial charge in [0.15, 0.2) is 0 Å². The summed E-state index contributed by atoms with van der Waals surface area (Å²) in [6.45, 7) is 0. The maximum atomic E-state index is 5.69. The number of rotatable bonds is 0. The van der Waals surface area contributed by atoms with Crippen LogP contribution < -0.4 is 0 Å². The molecule has 0 bridgehead atoms. The van der Waals surface area contributed by atoms with Crippen molar-refractivity contribution in [2.75, 3.05) is 0 Å². The molecule has 0 unspecified atom stereocenters. The second kappa shape index (κ2) is 2.57. The molecule has 0 saturated carbocycles. The van der Waals surface area contributed by atoms with E-state index in [1.807, 2.05) is 26.5 Å². The summed E-state index contributed by atoms with van der Waals surface area (Å²) in [6, 6.07) is 0. The van der Waals surface area contributed by atoms with Crippen molar-refractivity contribution >= 4 is 23.2 Å². The molecule has 0 aliphatic heterocycles. The van der Waals surface area contributed by atoms with E-state index in [0.717, 1.165) is 15.3 Å². The van der Waals surface area contributed by atoms with Crippen LogP contribution >= 0.6 is 23.2 Å². The van der Waals surface area contributed by atoms with Crippen molar-refractivity contribution in [3.8, 4) is 0 Å². The quantitative estimate of drug-likeness (QED) is 0.504. The molecule has 0 saturated heterocycles. The van der Waals surface area contributed by atoms with Crippen LogP contribution in [-0.4, -0.2) is 0 Å². The van der Waals surface area contributed by atoms with E-state index in [9.17, 15) is 0 Å². The predicted octanol–water partition coefficient (Wildman–Crippen LogP) is 2.51. The van der Waals surface area contributed by atoms with E-state index in [4.69, 9.17) is 23.2 Å². The predicted molar refractivity (Wildman–Crippen MR) is 31.4 cm³/mol. The van der Waals surface area contributed by atoms with Crippen LogP contribution in [0.1, 0.15) is 6.42 Å². The molecule has 0 aromatic carbocycles. The molecule has 0 fully saturated rings. The Hall–Kier alpha value is 0.774. The van der Waals surface area contributed by atoms with Crippen molar-refractivity contribution in [3.63, 3.8) is 0 Å². The fraction of sp³-hybridized carbons (Fsp3) is 0.200. The summed E-state index contributed by atoms with van der Waals surface area (Å²) in [7, 11) is 0. The van der Waals surface area contributed by atoms with E-state index in [1.54, 1.807) is 0 Å². The molecule has 1 aliphatic carbocycles. The first-order valence-electron chi connectivity index (χ1n) is 2.18. The van der Waals surface area contributed by atoms with Gasteiger partial charge in [-0.05, 0) is 0 Å². The molecule has 0 atom stereocenters. The molecule has 0 radical (unpaired) electrons. The minimum atomic E-state index is 0.698. The van der Waals surface area contributed by atoms with E-state index in [0.29, 0.717) is 5.03 Å². The first kappa shape index (κ1) is 6.89. The molecule has 0 nitrogen and oxygen atoms in total. The summed E-state index contributed by atoms with van der Waals surface area (Å²) in [5.41, 5.74) is 0. The van der Waals surface area contributed by atoms with Gasteiger partial charge in [0.25, 0.3) is 0 Å². The Balaban J connectivity index is 2.88. The van der Waals surface area contributed by atoms with Gasteiger partial charge in [0, 0.05) is 0 Å². The standard InChI is InChI=1S/C5H3Cl2.Ti/c6-4-2-1-3-5(4)7;/h2H,1H2;. The Kier molecular flexibility index (Phi) is 2.22. The molecule has 3 heteroatoms. The molecule has 1 rings (SSSR count). The zero-order valence-electron chi connectivity index (χ0n) is 4.04. The van der Waals surface area contributed by atoms with Gasteiger partial charge in [0.1, 0.15) is 0 Å².